The van der Waals surface area contributed by atoms with Gasteiger partial charge in [0.2, 0.25) is 0 Å². The van der Waals surface area contributed by atoms with Crippen molar-refractivity contribution in [1.82, 2.24) is 5.43 Å². The fourth-order valence-electron chi connectivity index (χ4n) is 2.54. The van der Waals surface area contributed by atoms with Gasteiger partial charge in [-0.3, -0.25) is 5.84 Å². The van der Waals surface area contributed by atoms with E-state index in [9.17, 15) is 0 Å². The molecule has 108 valence electrons. The number of methoxy groups -OCH3 is 1. The lowest BCUT2D eigenvalue weighted by atomic mass is 9.95. The molecule has 2 rings (SSSR count). The summed E-state index contributed by atoms with van der Waals surface area (Å²) in [5.41, 5.74) is 7.85. The molecule has 3 nitrogen and oxygen atoms in total. The summed E-state index contributed by atoms with van der Waals surface area (Å²) in [4.78, 5) is 1.29. The first-order valence-corrected chi connectivity index (χ1v) is 7.67. The van der Waals surface area contributed by atoms with Crippen LogP contribution in [-0.4, -0.2) is 7.11 Å². The normalized spacial score (nSPS) is 12.4. The van der Waals surface area contributed by atoms with Crippen LogP contribution < -0.4 is 16.0 Å². The van der Waals surface area contributed by atoms with Crippen LogP contribution in [0.5, 0.6) is 5.75 Å². The summed E-state index contributed by atoms with van der Waals surface area (Å²) in [6.45, 7) is 6.33. The van der Waals surface area contributed by atoms with Crippen molar-refractivity contribution in [2.75, 3.05) is 7.11 Å². The van der Waals surface area contributed by atoms with E-state index in [2.05, 4.69) is 49.8 Å². The van der Waals surface area contributed by atoms with Gasteiger partial charge in [-0.2, -0.15) is 0 Å². The number of ether oxygens (including phenoxy) is 1. The van der Waals surface area contributed by atoms with Crippen LogP contribution in [0.4, 0.5) is 0 Å². The zero-order chi connectivity index (χ0) is 14.7. The Bertz CT molecular complexity index is 592. The molecule has 0 radical (unpaired) electrons. The highest BCUT2D eigenvalue weighted by Crippen LogP contribution is 2.34. The van der Waals surface area contributed by atoms with Gasteiger partial charge in [-0.05, 0) is 60.0 Å². The molecule has 0 fully saturated rings. The van der Waals surface area contributed by atoms with Gasteiger partial charge in [0.05, 0.1) is 13.2 Å². The van der Waals surface area contributed by atoms with Crippen LogP contribution in [0.15, 0.2) is 23.6 Å². The molecule has 0 aliphatic heterocycles. The Kier molecular flexibility index (Phi) is 4.81. The van der Waals surface area contributed by atoms with E-state index in [0.717, 1.165) is 17.7 Å². The molecule has 0 aliphatic carbocycles. The van der Waals surface area contributed by atoms with Crippen molar-refractivity contribution in [3.63, 3.8) is 0 Å². The number of nitrogens with two attached hydrogens (primary N) is 1. The highest BCUT2D eigenvalue weighted by molar-refractivity contribution is 7.10. The van der Waals surface area contributed by atoms with E-state index in [0.29, 0.717) is 0 Å². The molecular weight excluding hydrogens is 268 g/mol. The third-order valence-electron chi connectivity index (χ3n) is 3.69. The van der Waals surface area contributed by atoms with Crippen LogP contribution in [0.1, 0.15) is 40.1 Å². The Morgan fingerprint density at radius 1 is 1.30 bits per heavy atom. The predicted octanol–water partition coefficient (Wildman–Crippen LogP) is 3.49. The summed E-state index contributed by atoms with van der Waals surface area (Å²) in [6.07, 6.45) is 1.02. The number of thiophene rings is 1. The maximum atomic E-state index is 5.83. The van der Waals surface area contributed by atoms with Crippen LogP contribution in [0.2, 0.25) is 0 Å². The molecule has 1 heterocycles. The molecule has 20 heavy (non-hydrogen) atoms. The Hall–Kier alpha value is -1.36. The van der Waals surface area contributed by atoms with Crippen molar-refractivity contribution in [2.45, 2.75) is 33.2 Å². The number of nitrogens with one attached hydrogen (secondary N) is 1. The lowest BCUT2D eigenvalue weighted by Gasteiger charge is -2.20. The van der Waals surface area contributed by atoms with Gasteiger partial charge in [0, 0.05) is 4.88 Å². The second kappa shape index (κ2) is 6.39. The Balaban J connectivity index is 2.50. The van der Waals surface area contributed by atoms with Crippen molar-refractivity contribution < 1.29 is 4.74 Å². The number of aryl methyl sites for hydroxylation is 3. The summed E-state index contributed by atoms with van der Waals surface area (Å²) in [7, 11) is 1.70. The average Bonchev–Trinajstić information content (AvgIpc) is 2.91. The molecule has 0 saturated carbocycles. The molecule has 0 aliphatic rings. The highest BCUT2D eigenvalue weighted by atomic mass is 32.1. The number of hydrogen-bond acceptors (Lipinski definition) is 4. The third-order valence-corrected chi connectivity index (χ3v) is 4.71. The average molecular weight is 290 g/mol. The van der Waals surface area contributed by atoms with Gasteiger partial charge < -0.3 is 4.74 Å². The van der Waals surface area contributed by atoms with E-state index >= 15 is 0 Å². The van der Waals surface area contributed by atoms with Gasteiger partial charge >= 0.3 is 0 Å². The van der Waals surface area contributed by atoms with E-state index in [1.54, 1.807) is 18.4 Å². The van der Waals surface area contributed by atoms with Crippen LogP contribution in [0.25, 0.3) is 0 Å². The smallest absolute Gasteiger partial charge is 0.122 e. The molecule has 0 saturated heterocycles. The molecule has 3 N–H and O–H groups in total. The number of hydrazine groups is 1. The Labute approximate surface area is 124 Å². The van der Waals surface area contributed by atoms with E-state index in [4.69, 9.17) is 10.6 Å². The standard InChI is InChI=1S/C16H22N2OS/c1-5-12-6-7-20-16(12)15(18-17)13-8-11(3)14(19-4)9-10(13)2/h6-9,15,18H,5,17H2,1-4H3. The van der Waals surface area contributed by atoms with Gasteiger partial charge in [-0.1, -0.05) is 13.0 Å². The summed E-state index contributed by atoms with van der Waals surface area (Å²) in [5.74, 6) is 6.75. The Morgan fingerprint density at radius 3 is 2.65 bits per heavy atom. The van der Waals surface area contributed by atoms with E-state index < -0.39 is 0 Å². The SMILES string of the molecule is CCc1ccsc1C(NN)c1cc(C)c(OC)cc1C. The largest absolute Gasteiger partial charge is 0.496 e. The molecule has 1 unspecified atom stereocenters. The van der Waals surface area contributed by atoms with E-state index in [1.165, 1.54) is 21.6 Å². The molecule has 0 amide bonds. The molecule has 1 atom stereocenters. The van der Waals surface area contributed by atoms with Crippen LogP contribution in [0, 0.1) is 13.8 Å². The van der Waals surface area contributed by atoms with Gasteiger partial charge in [-0.25, -0.2) is 5.43 Å². The fraction of sp³-hybridized carbons (Fsp3) is 0.375. The molecule has 0 bridgehead atoms. The van der Waals surface area contributed by atoms with Gasteiger partial charge in [0.15, 0.2) is 0 Å². The molecule has 2 aromatic rings. The summed E-state index contributed by atoms with van der Waals surface area (Å²) in [6, 6.07) is 6.46. The van der Waals surface area contributed by atoms with Gasteiger partial charge in [-0.15, -0.1) is 11.3 Å². The van der Waals surface area contributed by atoms with Crippen molar-refractivity contribution >= 4 is 11.3 Å². The number of hydrogen-bond donors (Lipinski definition) is 2. The minimum absolute atomic E-state index is 0.0366. The maximum absolute atomic E-state index is 5.83. The van der Waals surface area contributed by atoms with E-state index in [-0.39, 0.29) is 6.04 Å². The van der Waals surface area contributed by atoms with Gasteiger partial charge in [0.1, 0.15) is 5.75 Å². The minimum atomic E-state index is 0.0366. The lowest BCUT2D eigenvalue weighted by molar-refractivity contribution is 0.411. The summed E-state index contributed by atoms with van der Waals surface area (Å²) in [5, 5.41) is 2.13. The minimum Gasteiger partial charge on any atom is -0.496 e. The second-order valence-corrected chi connectivity index (χ2v) is 5.89. The lowest BCUT2D eigenvalue weighted by Crippen LogP contribution is -2.29. The zero-order valence-corrected chi connectivity index (χ0v) is 13.3. The van der Waals surface area contributed by atoms with Gasteiger partial charge in [0.25, 0.3) is 0 Å². The summed E-state index contributed by atoms with van der Waals surface area (Å²) < 4.78 is 5.38. The quantitative estimate of drug-likeness (QED) is 0.654. The molecule has 1 aromatic carbocycles. The zero-order valence-electron chi connectivity index (χ0n) is 12.5. The van der Waals surface area contributed by atoms with Crippen molar-refractivity contribution in [3.05, 3.63) is 50.7 Å². The third kappa shape index (κ3) is 2.73. The molecule has 1 aromatic heterocycles. The topological polar surface area (TPSA) is 47.3 Å². The van der Waals surface area contributed by atoms with Crippen molar-refractivity contribution in [2.24, 2.45) is 5.84 Å². The molecular formula is C16H22N2OS. The van der Waals surface area contributed by atoms with Crippen molar-refractivity contribution in [3.8, 4) is 5.75 Å². The monoisotopic (exact) mass is 290 g/mol. The number of benzene rings is 1. The molecule has 4 heteroatoms. The van der Waals surface area contributed by atoms with Crippen molar-refractivity contribution in [1.29, 1.82) is 0 Å². The Morgan fingerprint density at radius 2 is 2.05 bits per heavy atom. The fourth-order valence-corrected chi connectivity index (χ4v) is 3.62. The van der Waals surface area contributed by atoms with Crippen LogP contribution in [-0.2, 0) is 6.42 Å². The van der Waals surface area contributed by atoms with Crippen LogP contribution >= 0.6 is 11.3 Å². The second-order valence-electron chi connectivity index (χ2n) is 4.94. The number of rotatable bonds is 5. The maximum Gasteiger partial charge on any atom is 0.122 e. The highest BCUT2D eigenvalue weighted by Gasteiger charge is 2.20. The van der Waals surface area contributed by atoms with Crippen LogP contribution in [0.3, 0.4) is 0 Å². The predicted molar refractivity (Wildman–Crippen MR) is 85.3 cm³/mol. The first kappa shape index (κ1) is 15.0. The first-order valence-electron chi connectivity index (χ1n) is 6.79. The molecule has 0 spiro atoms. The van der Waals surface area contributed by atoms with E-state index in [1.807, 2.05) is 0 Å². The summed E-state index contributed by atoms with van der Waals surface area (Å²) >= 11 is 1.75. The first-order chi connectivity index (χ1) is 9.62.